The normalized spacial score (nSPS) is 25.4. The van der Waals surface area contributed by atoms with Crippen LogP contribution in [0.25, 0.3) is 0 Å². The highest BCUT2D eigenvalue weighted by molar-refractivity contribution is 5.16. The molecule has 1 saturated carbocycles. The van der Waals surface area contributed by atoms with Crippen molar-refractivity contribution in [3.05, 3.63) is 0 Å². The zero-order chi connectivity index (χ0) is 11.0. The maximum Gasteiger partial charge on any atom is 0.0258 e. The quantitative estimate of drug-likeness (QED) is 0.407. The average molecular weight is 194 g/mol. The average Bonchev–Trinajstić information content (AvgIpc) is 2.48. The zero-order valence-corrected chi connectivity index (χ0v) is 9.72. The molecular weight excluding hydrogens is 172 g/mol. The van der Waals surface area contributed by atoms with Crippen molar-refractivity contribution in [3.8, 4) is 12.3 Å². The molecule has 2 heteroatoms. The summed E-state index contributed by atoms with van der Waals surface area (Å²) < 4.78 is 0. The third kappa shape index (κ3) is 1.55. The van der Waals surface area contributed by atoms with Crippen LogP contribution in [0.2, 0.25) is 0 Å². The fraction of sp³-hybridized carbons (Fsp3) is 0.833. The Morgan fingerprint density at radius 1 is 1.36 bits per heavy atom. The Morgan fingerprint density at radius 2 is 1.86 bits per heavy atom. The first-order valence-corrected chi connectivity index (χ1v) is 5.29. The van der Waals surface area contributed by atoms with Crippen LogP contribution >= 0.6 is 0 Å². The molecule has 1 atom stereocenters. The molecule has 0 aromatic carbocycles. The second kappa shape index (κ2) is 3.56. The van der Waals surface area contributed by atoms with E-state index in [1.54, 1.807) is 0 Å². The smallest absolute Gasteiger partial charge is 0.0258 e. The maximum atomic E-state index is 5.58. The van der Waals surface area contributed by atoms with Crippen LogP contribution in [-0.4, -0.2) is 6.04 Å². The number of nitrogens with two attached hydrogens (primary N) is 1. The Balaban J connectivity index is 2.62. The molecule has 0 bridgehead atoms. The van der Waals surface area contributed by atoms with Crippen LogP contribution in [-0.2, 0) is 0 Å². The van der Waals surface area contributed by atoms with Crippen LogP contribution < -0.4 is 11.3 Å². The van der Waals surface area contributed by atoms with Crippen LogP contribution in [0, 0.1) is 29.1 Å². The molecule has 80 valence electrons. The largest absolute Gasteiger partial charge is 0.271 e. The van der Waals surface area contributed by atoms with E-state index in [0.29, 0.717) is 22.8 Å². The van der Waals surface area contributed by atoms with E-state index in [2.05, 4.69) is 39.0 Å². The van der Waals surface area contributed by atoms with Crippen molar-refractivity contribution in [1.29, 1.82) is 0 Å². The summed E-state index contributed by atoms with van der Waals surface area (Å²) in [5.41, 5.74) is 3.66. The second-order valence-electron chi connectivity index (χ2n) is 5.44. The number of nitrogens with one attached hydrogen (secondary N) is 1. The lowest BCUT2D eigenvalue weighted by atomic mass is 10.0. The van der Waals surface area contributed by atoms with Gasteiger partial charge in [-0.3, -0.25) is 11.3 Å². The molecule has 1 rings (SSSR count). The summed E-state index contributed by atoms with van der Waals surface area (Å²) in [6.07, 6.45) is 7.05. The Hall–Kier alpha value is -0.520. The van der Waals surface area contributed by atoms with E-state index in [9.17, 15) is 0 Å². The lowest BCUT2D eigenvalue weighted by Crippen LogP contribution is -2.38. The molecule has 0 heterocycles. The van der Waals surface area contributed by atoms with Crippen molar-refractivity contribution in [3.63, 3.8) is 0 Å². The molecular formula is C12H22N2. The molecule has 0 amide bonds. The monoisotopic (exact) mass is 194 g/mol. The first-order chi connectivity index (χ1) is 6.39. The Labute approximate surface area is 87.6 Å². The number of hydrazine groups is 1. The second-order valence-corrected chi connectivity index (χ2v) is 5.44. The Bertz CT molecular complexity index is 234. The summed E-state index contributed by atoms with van der Waals surface area (Å²) in [4.78, 5) is 0. The van der Waals surface area contributed by atoms with Gasteiger partial charge < -0.3 is 0 Å². The number of terminal acetylenes is 1. The molecule has 0 aromatic rings. The van der Waals surface area contributed by atoms with E-state index < -0.39 is 0 Å². The van der Waals surface area contributed by atoms with Gasteiger partial charge in [-0.25, -0.2) is 0 Å². The molecule has 1 aliphatic carbocycles. The Kier molecular flexibility index (Phi) is 2.94. The Morgan fingerprint density at radius 3 is 2.14 bits per heavy atom. The minimum atomic E-state index is 0.357. The van der Waals surface area contributed by atoms with Crippen molar-refractivity contribution in [1.82, 2.24) is 5.43 Å². The number of hydrogen-bond donors (Lipinski definition) is 2. The lowest BCUT2D eigenvalue weighted by Gasteiger charge is -2.16. The first-order valence-electron chi connectivity index (χ1n) is 5.29. The van der Waals surface area contributed by atoms with Gasteiger partial charge in [-0.2, -0.15) is 0 Å². The van der Waals surface area contributed by atoms with Gasteiger partial charge in [0.2, 0.25) is 0 Å². The van der Waals surface area contributed by atoms with Gasteiger partial charge >= 0.3 is 0 Å². The minimum Gasteiger partial charge on any atom is -0.271 e. The molecule has 0 saturated heterocycles. The van der Waals surface area contributed by atoms with Crippen LogP contribution in [0.5, 0.6) is 0 Å². The van der Waals surface area contributed by atoms with E-state index in [4.69, 9.17) is 12.3 Å². The van der Waals surface area contributed by atoms with Gasteiger partial charge in [-0.05, 0) is 23.2 Å². The molecule has 1 fully saturated rings. The van der Waals surface area contributed by atoms with Gasteiger partial charge in [0.1, 0.15) is 0 Å². The molecule has 0 aliphatic heterocycles. The summed E-state index contributed by atoms with van der Waals surface area (Å²) in [6.45, 7) is 9.21. The summed E-state index contributed by atoms with van der Waals surface area (Å²) in [6, 6.07) is 0.357. The SMILES string of the molecule is C#CCCC(NN)C1C(C)(C)C1(C)C. The van der Waals surface area contributed by atoms with Gasteiger partial charge in [-0.15, -0.1) is 12.3 Å². The van der Waals surface area contributed by atoms with Gasteiger partial charge in [-0.1, -0.05) is 27.7 Å². The molecule has 0 aromatic heterocycles. The van der Waals surface area contributed by atoms with Crippen molar-refractivity contribution < 1.29 is 0 Å². The van der Waals surface area contributed by atoms with E-state index in [-0.39, 0.29) is 0 Å². The maximum absolute atomic E-state index is 5.58. The van der Waals surface area contributed by atoms with E-state index >= 15 is 0 Å². The summed E-state index contributed by atoms with van der Waals surface area (Å²) in [5.74, 6) is 8.89. The molecule has 0 spiro atoms. The highest BCUT2D eigenvalue weighted by atomic mass is 15.2. The molecule has 0 radical (unpaired) electrons. The zero-order valence-electron chi connectivity index (χ0n) is 9.72. The van der Waals surface area contributed by atoms with Gasteiger partial charge in [0.15, 0.2) is 0 Å². The summed E-state index contributed by atoms with van der Waals surface area (Å²) >= 11 is 0. The van der Waals surface area contributed by atoms with Crippen LogP contribution in [0.1, 0.15) is 40.5 Å². The third-order valence-electron chi connectivity index (χ3n) is 4.35. The highest BCUT2D eigenvalue weighted by Crippen LogP contribution is 2.69. The fourth-order valence-electron chi connectivity index (χ4n) is 2.84. The van der Waals surface area contributed by atoms with E-state index in [1.807, 2.05) is 0 Å². The van der Waals surface area contributed by atoms with Gasteiger partial charge in [0.25, 0.3) is 0 Å². The fourth-order valence-corrected chi connectivity index (χ4v) is 2.84. The third-order valence-corrected chi connectivity index (χ3v) is 4.35. The standard InChI is InChI=1S/C12H22N2/c1-6-7-8-9(14-13)10-11(2,3)12(10,4)5/h1,9-10,14H,7-8,13H2,2-5H3. The molecule has 2 nitrogen and oxygen atoms in total. The number of hydrogen-bond acceptors (Lipinski definition) is 2. The van der Waals surface area contributed by atoms with Crippen LogP contribution in [0.4, 0.5) is 0 Å². The van der Waals surface area contributed by atoms with E-state index in [1.165, 1.54) is 0 Å². The van der Waals surface area contributed by atoms with Crippen molar-refractivity contribution in [2.75, 3.05) is 0 Å². The highest BCUT2D eigenvalue weighted by Gasteiger charge is 2.66. The van der Waals surface area contributed by atoms with Gasteiger partial charge in [0, 0.05) is 12.5 Å². The van der Waals surface area contributed by atoms with Gasteiger partial charge in [0.05, 0.1) is 0 Å². The summed E-state index contributed by atoms with van der Waals surface area (Å²) in [5, 5.41) is 0. The van der Waals surface area contributed by atoms with Crippen molar-refractivity contribution >= 4 is 0 Å². The topological polar surface area (TPSA) is 38.0 Å². The van der Waals surface area contributed by atoms with Crippen LogP contribution in [0.3, 0.4) is 0 Å². The predicted octanol–water partition coefficient (Wildman–Crippen LogP) is 1.91. The number of rotatable bonds is 4. The molecule has 1 aliphatic rings. The lowest BCUT2D eigenvalue weighted by molar-refractivity contribution is 0.386. The van der Waals surface area contributed by atoms with E-state index in [0.717, 1.165) is 12.8 Å². The minimum absolute atomic E-state index is 0.357. The van der Waals surface area contributed by atoms with Crippen molar-refractivity contribution in [2.24, 2.45) is 22.6 Å². The van der Waals surface area contributed by atoms with Crippen molar-refractivity contribution in [2.45, 2.75) is 46.6 Å². The molecule has 14 heavy (non-hydrogen) atoms. The first kappa shape index (κ1) is 11.6. The summed E-state index contributed by atoms with van der Waals surface area (Å²) in [7, 11) is 0. The predicted molar refractivity (Wildman–Crippen MR) is 60.2 cm³/mol. The molecule has 1 unspecified atom stereocenters. The molecule has 3 N–H and O–H groups in total. The van der Waals surface area contributed by atoms with Crippen LogP contribution in [0.15, 0.2) is 0 Å².